The van der Waals surface area contributed by atoms with E-state index in [4.69, 9.17) is 5.11 Å². The Labute approximate surface area is 120 Å². The number of amides is 2. The fourth-order valence-electron chi connectivity index (χ4n) is 2.50. The Kier molecular flexibility index (Phi) is 6.78. The molecule has 0 aliphatic carbocycles. The lowest BCUT2D eigenvalue weighted by atomic mass is 10.1. The summed E-state index contributed by atoms with van der Waals surface area (Å²) in [5, 5.41) is 14.4. The number of hydrogen-bond acceptors (Lipinski definition) is 3. The number of carbonyl (C=O) groups is 2. The third kappa shape index (κ3) is 5.77. The number of carboxylic acid groups (broad SMARTS) is 1. The van der Waals surface area contributed by atoms with Crippen LogP contribution in [0.3, 0.4) is 0 Å². The lowest BCUT2D eigenvalue weighted by molar-refractivity contribution is -0.140. The molecule has 20 heavy (non-hydrogen) atoms. The minimum absolute atomic E-state index is 0.00899. The van der Waals surface area contributed by atoms with Crippen molar-refractivity contribution >= 4 is 12.0 Å². The monoisotopic (exact) mass is 285 g/mol. The van der Waals surface area contributed by atoms with Crippen LogP contribution in [0.15, 0.2) is 0 Å². The number of rotatable bonds is 6. The SMILES string of the molecule is CC(CN1CCCCC1)NC(=O)N[C@@H](C(=O)O)C(C)C. The Morgan fingerprint density at radius 1 is 1.10 bits per heavy atom. The number of carbonyl (C=O) groups excluding carboxylic acids is 1. The van der Waals surface area contributed by atoms with E-state index >= 15 is 0 Å². The highest BCUT2D eigenvalue weighted by atomic mass is 16.4. The molecule has 2 atom stereocenters. The lowest BCUT2D eigenvalue weighted by Gasteiger charge is -2.29. The molecule has 6 nitrogen and oxygen atoms in total. The summed E-state index contributed by atoms with van der Waals surface area (Å²) in [6, 6.07) is -1.25. The van der Waals surface area contributed by atoms with Crippen LogP contribution < -0.4 is 10.6 Å². The molecule has 1 saturated heterocycles. The first kappa shape index (κ1) is 16.8. The first-order valence-electron chi connectivity index (χ1n) is 7.42. The van der Waals surface area contributed by atoms with Gasteiger partial charge in [-0.25, -0.2) is 9.59 Å². The first-order valence-corrected chi connectivity index (χ1v) is 7.42. The standard InChI is InChI=1S/C14H27N3O3/c1-10(2)12(13(18)19)16-14(20)15-11(3)9-17-7-5-4-6-8-17/h10-12H,4-9H2,1-3H3,(H,18,19)(H2,15,16,20)/t11?,12-/m1/s1. The van der Waals surface area contributed by atoms with Crippen molar-refractivity contribution in [1.82, 2.24) is 15.5 Å². The van der Waals surface area contributed by atoms with Gasteiger partial charge in [0.15, 0.2) is 0 Å². The Morgan fingerprint density at radius 2 is 1.70 bits per heavy atom. The molecule has 0 radical (unpaired) electrons. The second kappa shape index (κ2) is 8.09. The highest BCUT2D eigenvalue weighted by molar-refractivity contribution is 5.82. The molecule has 6 heteroatoms. The molecular formula is C14H27N3O3. The maximum atomic E-state index is 11.8. The number of aliphatic carboxylic acids is 1. The molecule has 116 valence electrons. The van der Waals surface area contributed by atoms with Gasteiger partial charge in [-0.15, -0.1) is 0 Å². The lowest BCUT2D eigenvalue weighted by Crippen LogP contribution is -2.52. The van der Waals surface area contributed by atoms with Crippen molar-refractivity contribution in [2.24, 2.45) is 5.92 Å². The Bertz CT molecular complexity index is 328. The molecule has 0 aromatic heterocycles. The van der Waals surface area contributed by atoms with Gasteiger partial charge < -0.3 is 20.6 Å². The third-order valence-corrected chi connectivity index (χ3v) is 3.58. The second-order valence-corrected chi connectivity index (χ2v) is 5.94. The topological polar surface area (TPSA) is 81.7 Å². The van der Waals surface area contributed by atoms with E-state index < -0.39 is 18.0 Å². The normalized spacial score (nSPS) is 19.4. The van der Waals surface area contributed by atoms with E-state index in [0.717, 1.165) is 19.6 Å². The predicted molar refractivity (Wildman–Crippen MR) is 77.7 cm³/mol. The Balaban J connectivity index is 2.34. The predicted octanol–water partition coefficient (Wildman–Crippen LogP) is 1.27. The van der Waals surface area contributed by atoms with Gasteiger partial charge in [0, 0.05) is 12.6 Å². The summed E-state index contributed by atoms with van der Waals surface area (Å²) in [5.41, 5.74) is 0. The largest absolute Gasteiger partial charge is 0.480 e. The summed E-state index contributed by atoms with van der Waals surface area (Å²) in [7, 11) is 0. The molecule has 1 aliphatic heterocycles. The quantitative estimate of drug-likeness (QED) is 0.686. The smallest absolute Gasteiger partial charge is 0.326 e. The third-order valence-electron chi connectivity index (χ3n) is 3.58. The molecule has 0 aromatic carbocycles. The van der Waals surface area contributed by atoms with Crippen molar-refractivity contribution < 1.29 is 14.7 Å². The van der Waals surface area contributed by atoms with E-state index in [0.29, 0.717) is 0 Å². The van der Waals surface area contributed by atoms with Crippen molar-refractivity contribution in [2.45, 2.75) is 52.1 Å². The number of nitrogens with one attached hydrogen (secondary N) is 2. The van der Waals surface area contributed by atoms with Crippen LogP contribution in [-0.4, -0.2) is 53.7 Å². The van der Waals surface area contributed by atoms with Gasteiger partial charge in [0.25, 0.3) is 0 Å². The van der Waals surface area contributed by atoms with Crippen LogP contribution in [0.2, 0.25) is 0 Å². The van der Waals surface area contributed by atoms with Gasteiger partial charge in [-0.05, 0) is 38.8 Å². The van der Waals surface area contributed by atoms with Crippen LogP contribution in [0.1, 0.15) is 40.0 Å². The molecule has 0 spiro atoms. The zero-order valence-electron chi connectivity index (χ0n) is 12.7. The molecule has 0 saturated carbocycles. The van der Waals surface area contributed by atoms with Gasteiger partial charge in [-0.2, -0.15) is 0 Å². The number of piperidine rings is 1. The van der Waals surface area contributed by atoms with Crippen molar-refractivity contribution in [1.29, 1.82) is 0 Å². The van der Waals surface area contributed by atoms with Crippen molar-refractivity contribution in [3.63, 3.8) is 0 Å². The number of nitrogens with zero attached hydrogens (tertiary/aromatic N) is 1. The summed E-state index contributed by atoms with van der Waals surface area (Å²) >= 11 is 0. The van der Waals surface area contributed by atoms with Crippen LogP contribution in [0.25, 0.3) is 0 Å². The van der Waals surface area contributed by atoms with E-state index in [-0.39, 0.29) is 12.0 Å². The number of urea groups is 1. The number of hydrogen-bond donors (Lipinski definition) is 3. The van der Waals surface area contributed by atoms with Gasteiger partial charge in [0.05, 0.1) is 0 Å². The summed E-state index contributed by atoms with van der Waals surface area (Å²) < 4.78 is 0. The van der Waals surface area contributed by atoms with Gasteiger partial charge in [-0.1, -0.05) is 20.3 Å². The Hall–Kier alpha value is -1.30. The highest BCUT2D eigenvalue weighted by Gasteiger charge is 2.24. The maximum Gasteiger partial charge on any atom is 0.326 e. The van der Waals surface area contributed by atoms with E-state index in [1.54, 1.807) is 13.8 Å². The van der Waals surface area contributed by atoms with Crippen molar-refractivity contribution in [3.05, 3.63) is 0 Å². The fraction of sp³-hybridized carbons (Fsp3) is 0.857. The first-order chi connectivity index (χ1) is 9.40. The minimum atomic E-state index is -1.00. The van der Waals surface area contributed by atoms with Gasteiger partial charge in [0.1, 0.15) is 6.04 Å². The average molecular weight is 285 g/mol. The number of likely N-dealkylation sites (tertiary alicyclic amines) is 1. The average Bonchev–Trinajstić information content (AvgIpc) is 2.36. The molecule has 3 N–H and O–H groups in total. The number of carboxylic acids is 1. The van der Waals surface area contributed by atoms with E-state index in [1.165, 1.54) is 19.3 Å². The van der Waals surface area contributed by atoms with Crippen LogP contribution in [0.5, 0.6) is 0 Å². The summed E-state index contributed by atoms with van der Waals surface area (Å²) in [6.45, 7) is 8.47. The molecule has 1 rings (SSSR count). The van der Waals surface area contributed by atoms with Gasteiger partial charge in [0.2, 0.25) is 0 Å². The molecule has 1 fully saturated rings. The fourth-order valence-corrected chi connectivity index (χ4v) is 2.50. The van der Waals surface area contributed by atoms with E-state index in [2.05, 4.69) is 15.5 Å². The Morgan fingerprint density at radius 3 is 2.20 bits per heavy atom. The molecule has 0 bridgehead atoms. The van der Waals surface area contributed by atoms with E-state index in [9.17, 15) is 9.59 Å². The second-order valence-electron chi connectivity index (χ2n) is 5.94. The zero-order valence-corrected chi connectivity index (χ0v) is 12.7. The maximum absolute atomic E-state index is 11.8. The summed E-state index contributed by atoms with van der Waals surface area (Å²) in [4.78, 5) is 25.2. The molecule has 0 aromatic rings. The molecule has 1 heterocycles. The van der Waals surface area contributed by atoms with Crippen molar-refractivity contribution in [3.8, 4) is 0 Å². The van der Waals surface area contributed by atoms with Crippen LogP contribution >= 0.6 is 0 Å². The van der Waals surface area contributed by atoms with Gasteiger partial charge >= 0.3 is 12.0 Å². The molecular weight excluding hydrogens is 258 g/mol. The van der Waals surface area contributed by atoms with Crippen molar-refractivity contribution in [2.75, 3.05) is 19.6 Å². The zero-order chi connectivity index (χ0) is 15.1. The molecule has 1 unspecified atom stereocenters. The summed E-state index contributed by atoms with van der Waals surface area (Å²) in [6.07, 6.45) is 3.72. The minimum Gasteiger partial charge on any atom is -0.480 e. The van der Waals surface area contributed by atoms with Crippen LogP contribution in [0.4, 0.5) is 4.79 Å². The highest BCUT2D eigenvalue weighted by Crippen LogP contribution is 2.08. The van der Waals surface area contributed by atoms with Crippen LogP contribution in [-0.2, 0) is 4.79 Å². The molecule has 2 amide bonds. The van der Waals surface area contributed by atoms with Crippen LogP contribution in [0, 0.1) is 5.92 Å². The van der Waals surface area contributed by atoms with Gasteiger partial charge in [-0.3, -0.25) is 0 Å². The summed E-state index contributed by atoms with van der Waals surface area (Å²) in [5.74, 6) is -1.14. The van der Waals surface area contributed by atoms with E-state index in [1.807, 2.05) is 6.92 Å². The molecule has 1 aliphatic rings.